The predicted molar refractivity (Wildman–Crippen MR) is 100 cm³/mol. The van der Waals surface area contributed by atoms with Gasteiger partial charge in [-0.05, 0) is 38.0 Å². The Hall–Kier alpha value is -2.13. The smallest absolute Gasteiger partial charge is 0.162 e. The summed E-state index contributed by atoms with van der Waals surface area (Å²) >= 11 is 0. The van der Waals surface area contributed by atoms with Gasteiger partial charge in [0.05, 0.1) is 5.52 Å². The van der Waals surface area contributed by atoms with Crippen LogP contribution in [-0.2, 0) is 0 Å². The molecule has 25 heavy (non-hydrogen) atoms. The summed E-state index contributed by atoms with van der Waals surface area (Å²) in [6, 6.07) is 16.8. The monoisotopic (exact) mass is 352 g/mol. The fraction of sp³-hybridized carbons (Fsp3) is 0.333. The Balaban J connectivity index is 0.00000182. The van der Waals surface area contributed by atoms with E-state index in [0.717, 1.165) is 41.2 Å². The van der Waals surface area contributed by atoms with Crippen LogP contribution in [-0.4, -0.2) is 23.1 Å². The molecule has 1 aliphatic rings. The second kappa shape index (κ2) is 7.83. The Morgan fingerprint density at radius 3 is 2.36 bits per heavy atom. The van der Waals surface area contributed by atoms with Crippen LogP contribution < -0.4 is 17.3 Å². The van der Waals surface area contributed by atoms with Gasteiger partial charge in [-0.15, -0.1) is 0 Å². The molecule has 1 aromatic heterocycles. The van der Waals surface area contributed by atoms with Gasteiger partial charge >= 0.3 is 0 Å². The fourth-order valence-electron chi connectivity index (χ4n) is 3.50. The summed E-state index contributed by atoms with van der Waals surface area (Å²) in [7, 11) is 0. The van der Waals surface area contributed by atoms with E-state index in [1.807, 2.05) is 0 Å². The molecule has 1 fully saturated rings. The highest BCUT2D eigenvalue weighted by molar-refractivity contribution is 5.91. The summed E-state index contributed by atoms with van der Waals surface area (Å²) in [4.78, 5) is 12.3. The SMILES string of the molecule is Cc1cccc(-c2nc(N3CCCCCC3)c3ccccc3n2)c1.[Cl-]. The number of aryl methyl sites for hydroxylation is 1. The molecule has 130 valence electrons. The van der Waals surface area contributed by atoms with Gasteiger partial charge in [0.1, 0.15) is 5.82 Å². The zero-order chi connectivity index (χ0) is 16.4. The van der Waals surface area contributed by atoms with Crippen LogP contribution in [0.1, 0.15) is 31.2 Å². The number of rotatable bonds is 2. The van der Waals surface area contributed by atoms with Gasteiger partial charge in [-0.1, -0.05) is 48.7 Å². The third kappa shape index (κ3) is 3.77. The number of hydrogen-bond donors (Lipinski definition) is 0. The number of benzene rings is 2. The van der Waals surface area contributed by atoms with Crippen LogP contribution in [0, 0.1) is 6.92 Å². The lowest BCUT2D eigenvalue weighted by atomic mass is 10.1. The summed E-state index contributed by atoms with van der Waals surface area (Å²) in [6.07, 6.45) is 5.14. The van der Waals surface area contributed by atoms with Gasteiger partial charge in [-0.3, -0.25) is 0 Å². The topological polar surface area (TPSA) is 29.0 Å². The molecule has 0 spiro atoms. The molecule has 3 aromatic rings. The van der Waals surface area contributed by atoms with Crippen LogP contribution in [0.5, 0.6) is 0 Å². The standard InChI is InChI=1S/C21H23N3.ClH/c1-16-9-8-10-17(15-16)20-22-19-12-5-4-11-18(19)21(23-20)24-13-6-2-3-7-14-24;/h4-5,8-12,15H,2-3,6-7,13-14H2,1H3;1H/p-1. The van der Waals surface area contributed by atoms with Crippen molar-refractivity contribution in [2.75, 3.05) is 18.0 Å². The van der Waals surface area contributed by atoms with Crippen LogP contribution >= 0.6 is 0 Å². The first-order chi connectivity index (χ1) is 11.8. The van der Waals surface area contributed by atoms with Crippen molar-refractivity contribution in [3.8, 4) is 11.4 Å². The second-order valence-electron chi connectivity index (χ2n) is 6.66. The van der Waals surface area contributed by atoms with E-state index in [4.69, 9.17) is 9.97 Å². The third-order valence-electron chi connectivity index (χ3n) is 4.76. The molecule has 4 heteroatoms. The van der Waals surface area contributed by atoms with Crippen LogP contribution in [0.2, 0.25) is 0 Å². The summed E-state index contributed by atoms with van der Waals surface area (Å²) in [5.74, 6) is 1.93. The van der Waals surface area contributed by atoms with Gasteiger partial charge in [0.15, 0.2) is 5.82 Å². The van der Waals surface area contributed by atoms with E-state index in [-0.39, 0.29) is 12.4 Å². The van der Waals surface area contributed by atoms with Crippen LogP contribution in [0.25, 0.3) is 22.3 Å². The number of aromatic nitrogens is 2. The molecule has 3 nitrogen and oxygen atoms in total. The number of anilines is 1. The molecule has 2 heterocycles. The van der Waals surface area contributed by atoms with Crippen LogP contribution in [0.15, 0.2) is 48.5 Å². The van der Waals surface area contributed by atoms with Gasteiger partial charge in [-0.25, -0.2) is 9.97 Å². The zero-order valence-corrected chi connectivity index (χ0v) is 15.3. The van der Waals surface area contributed by atoms with Crippen molar-refractivity contribution >= 4 is 16.7 Å². The van der Waals surface area contributed by atoms with E-state index in [1.165, 1.54) is 31.2 Å². The van der Waals surface area contributed by atoms with Crippen molar-refractivity contribution in [1.29, 1.82) is 0 Å². The molecule has 1 saturated heterocycles. The molecule has 0 unspecified atom stereocenters. The van der Waals surface area contributed by atoms with Gasteiger partial charge in [0.25, 0.3) is 0 Å². The number of fused-ring (bicyclic) bond motifs is 1. The van der Waals surface area contributed by atoms with Crippen LogP contribution in [0.4, 0.5) is 5.82 Å². The lowest BCUT2D eigenvalue weighted by Gasteiger charge is -2.23. The first-order valence-electron chi connectivity index (χ1n) is 8.90. The van der Waals surface area contributed by atoms with Crippen molar-refractivity contribution in [2.24, 2.45) is 0 Å². The molecule has 2 aromatic carbocycles. The molecule has 0 atom stereocenters. The minimum Gasteiger partial charge on any atom is -1.00 e. The Labute approximate surface area is 155 Å². The highest BCUT2D eigenvalue weighted by Gasteiger charge is 2.16. The molecule has 0 bridgehead atoms. The number of nitrogens with zero attached hydrogens (tertiary/aromatic N) is 3. The van der Waals surface area contributed by atoms with Gasteiger partial charge < -0.3 is 17.3 Å². The van der Waals surface area contributed by atoms with E-state index in [2.05, 4.69) is 60.4 Å². The van der Waals surface area contributed by atoms with Gasteiger partial charge in [0.2, 0.25) is 0 Å². The normalized spacial score (nSPS) is 14.8. The Kier molecular flexibility index (Phi) is 5.54. The zero-order valence-electron chi connectivity index (χ0n) is 14.6. The van der Waals surface area contributed by atoms with Crippen molar-refractivity contribution in [2.45, 2.75) is 32.6 Å². The molecule has 0 saturated carbocycles. The second-order valence-corrected chi connectivity index (χ2v) is 6.66. The molecular weight excluding hydrogens is 330 g/mol. The maximum atomic E-state index is 4.99. The first-order valence-corrected chi connectivity index (χ1v) is 8.90. The Bertz CT molecular complexity index is 855. The summed E-state index contributed by atoms with van der Waals surface area (Å²) in [5, 5.41) is 1.16. The van der Waals surface area contributed by atoms with Crippen molar-refractivity contribution in [3.63, 3.8) is 0 Å². The van der Waals surface area contributed by atoms with E-state index >= 15 is 0 Å². The summed E-state index contributed by atoms with van der Waals surface area (Å²) in [6.45, 7) is 4.29. The molecule has 1 aliphatic heterocycles. The first kappa shape index (κ1) is 17.7. The summed E-state index contributed by atoms with van der Waals surface area (Å²) < 4.78 is 0. The molecular formula is C21H23ClN3-. The van der Waals surface area contributed by atoms with Gasteiger partial charge in [0, 0.05) is 24.0 Å². The minimum atomic E-state index is 0. The fourth-order valence-corrected chi connectivity index (χ4v) is 3.50. The Morgan fingerprint density at radius 2 is 1.60 bits per heavy atom. The van der Waals surface area contributed by atoms with E-state index in [0.29, 0.717) is 0 Å². The highest BCUT2D eigenvalue weighted by atomic mass is 35.5. The van der Waals surface area contributed by atoms with E-state index in [1.54, 1.807) is 0 Å². The highest BCUT2D eigenvalue weighted by Crippen LogP contribution is 2.29. The quantitative estimate of drug-likeness (QED) is 0.706. The molecule has 4 rings (SSSR count). The maximum Gasteiger partial charge on any atom is 0.162 e. The lowest BCUT2D eigenvalue weighted by molar-refractivity contribution is -0.00000498. The maximum absolute atomic E-state index is 4.99. The van der Waals surface area contributed by atoms with E-state index < -0.39 is 0 Å². The lowest BCUT2D eigenvalue weighted by Crippen LogP contribution is -3.00. The number of hydrogen-bond acceptors (Lipinski definition) is 3. The average Bonchev–Trinajstić information content (AvgIpc) is 2.90. The van der Waals surface area contributed by atoms with Gasteiger partial charge in [-0.2, -0.15) is 0 Å². The molecule has 0 aliphatic carbocycles. The largest absolute Gasteiger partial charge is 1.00 e. The third-order valence-corrected chi connectivity index (χ3v) is 4.76. The molecule has 0 N–H and O–H groups in total. The minimum absolute atomic E-state index is 0. The molecule has 0 radical (unpaired) electrons. The van der Waals surface area contributed by atoms with Crippen molar-refractivity contribution in [1.82, 2.24) is 9.97 Å². The number of halogens is 1. The Morgan fingerprint density at radius 1 is 0.840 bits per heavy atom. The van der Waals surface area contributed by atoms with E-state index in [9.17, 15) is 0 Å². The van der Waals surface area contributed by atoms with Crippen molar-refractivity contribution in [3.05, 3.63) is 54.1 Å². The number of para-hydroxylation sites is 1. The predicted octanol–water partition coefficient (Wildman–Crippen LogP) is 1.99. The van der Waals surface area contributed by atoms with Crippen LogP contribution in [0.3, 0.4) is 0 Å². The molecule has 0 amide bonds. The van der Waals surface area contributed by atoms with Crippen molar-refractivity contribution < 1.29 is 12.4 Å². The average molecular weight is 353 g/mol. The summed E-state index contributed by atoms with van der Waals surface area (Å²) in [5.41, 5.74) is 3.36.